The molecule has 196 valence electrons. The van der Waals surface area contributed by atoms with Crippen LogP contribution in [-0.4, -0.2) is 45.5 Å². The summed E-state index contributed by atoms with van der Waals surface area (Å²) >= 11 is 0. The highest BCUT2D eigenvalue weighted by atomic mass is 28.3. The molecule has 1 N–H and O–H groups in total. The summed E-state index contributed by atoms with van der Waals surface area (Å²) in [6, 6.07) is 26.4. The van der Waals surface area contributed by atoms with Gasteiger partial charge in [-0.3, -0.25) is 9.69 Å². The predicted octanol–water partition coefficient (Wildman–Crippen LogP) is 5.69. The lowest BCUT2D eigenvalue weighted by Crippen LogP contribution is -2.50. The van der Waals surface area contributed by atoms with Gasteiger partial charge in [0.25, 0.3) is 0 Å². The molecule has 0 bridgehead atoms. The largest absolute Gasteiger partial charge is 0.497 e. The number of amides is 1. The van der Waals surface area contributed by atoms with Crippen molar-refractivity contribution in [2.24, 2.45) is 5.92 Å². The normalized spacial score (nSPS) is 21.5. The molecule has 0 radical (unpaired) electrons. The standard InChI is InChI=1S/C31H39NO4Si/c1-23-29(18-13-24-9-8-12-26(21-24)32(22-34)25-10-6-5-7-11-25)36-30(19-20-33)31(23)37(3,4)28-16-14-27(35-2)15-17-28/h5-12,14-17,21-23,29-31,33H,13,18-20H2,1-4H3/t23-,29+,30-,31+/m1/s1. The zero-order valence-electron chi connectivity index (χ0n) is 22.3. The second kappa shape index (κ2) is 12.1. The minimum atomic E-state index is -1.90. The highest BCUT2D eigenvalue weighted by Crippen LogP contribution is 2.46. The summed E-state index contributed by atoms with van der Waals surface area (Å²) in [4.78, 5) is 13.6. The van der Waals surface area contributed by atoms with Gasteiger partial charge in [-0.25, -0.2) is 0 Å². The summed E-state index contributed by atoms with van der Waals surface area (Å²) in [7, 11) is -0.204. The lowest BCUT2D eigenvalue weighted by atomic mass is 9.95. The van der Waals surface area contributed by atoms with Crippen molar-refractivity contribution in [3.63, 3.8) is 0 Å². The van der Waals surface area contributed by atoms with Crippen LogP contribution in [0.25, 0.3) is 0 Å². The first-order valence-electron chi connectivity index (χ1n) is 13.2. The Morgan fingerprint density at radius 1 is 0.946 bits per heavy atom. The average Bonchev–Trinajstić information content (AvgIpc) is 3.24. The number of methoxy groups -OCH3 is 1. The minimum absolute atomic E-state index is 0.0590. The summed E-state index contributed by atoms with van der Waals surface area (Å²) in [5, 5.41) is 11.2. The van der Waals surface area contributed by atoms with E-state index in [1.165, 1.54) is 10.8 Å². The Kier molecular flexibility index (Phi) is 8.85. The van der Waals surface area contributed by atoms with Crippen molar-refractivity contribution in [3.05, 3.63) is 84.4 Å². The number of para-hydroxylation sites is 1. The van der Waals surface area contributed by atoms with Crippen LogP contribution < -0.4 is 14.8 Å². The predicted molar refractivity (Wildman–Crippen MR) is 153 cm³/mol. The van der Waals surface area contributed by atoms with E-state index < -0.39 is 8.07 Å². The minimum Gasteiger partial charge on any atom is -0.497 e. The zero-order chi connectivity index (χ0) is 26.4. The second-order valence-electron chi connectivity index (χ2n) is 10.6. The van der Waals surface area contributed by atoms with Gasteiger partial charge in [-0.1, -0.05) is 67.7 Å². The van der Waals surface area contributed by atoms with Crippen LogP contribution in [0.1, 0.15) is 25.3 Å². The number of nitrogens with zero attached hydrogens (tertiary/aromatic N) is 1. The van der Waals surface area contributed by atoms with E-state index in [1.807, 2.05) is 54.6 Å². The Morgan fingerprint density at radius 3 is 2.30 bits per heavy atom. The molecule has 1 fully saturated rings. The summed E-state index contributed by atoms with van der Waals surface area (Å²) in [6.07, 6.45) is 3.50. The van der Waals surface area contributed by atoms with Crippen molar-refractivity contribution < 1.29 is 19.4 Å². The van der Waals surface area contributed by atoms with E-state index in [9.17, 15) is 9.90 Å². The van der Waals surface area contributed by atoms with Crippen LogP contribution in [0.5, 0.6) is 5.75 Å². The van der Waals surface area contributed by atoms with Gasteiger partial charge in [0.15, 0.2) is 0 Å². The van der Waals surface area contributed by atoms with Gasteiger partial charge in [0.05, 0.1) is 27.4 Å². The van der Waals surface area contributed by atoms with Crippen LogP contribution in [0.15, 0.2) is 78.9 Å². The number of carbonyl (C=O) groups is 1. The first kappa shape index (κ1) is 27.1. The van der Waals surface area contributed by atoms with Gasteiger partial charge in [0.2, 0.25) is 6.41 Å². The Labute approximate surface area is 222 Å². The number of anilines is 2. The van der Waals surface area contributed by atoms with Gasteiger partial charge in [0, 0.05) is 18.0 Å². The molecule has 3 aromatic carbocycles. The number of aliphatic hydroxyl groups is 1. The monoisotopic (exact) mass is 517 g/mol. The Balaban J connectivity index is 1.49. The van der Waals surface area contributed by atoms with Crippen molar-refractivity contribution in [2.75, 3.05) is 18.6 Å². The molecule has 5 nitrogen and oxygen atoms in total. The molecule has 0 unspecified atom stereocenters. The molecule has 4 atom stereocenters. The summed E-state index contributed by atoms with van der Waals surface area (Å²) < 4.78 is 12.0. The second-order valence-corrected chi connectivity index (χ2v) is 15.3. The molecule has 6 heteroatoms. The lowest BCUT2D eigenvalue weighted by molar-refractivity contribution is -0.106. The van der Waals surface area contributed by atoms with Crippen molar-refractivity contribution in [1.29, 1.82) is 0 Å². The van der Waals surface area contributed by atoms with Crippen molar-refractivity contribution >= 4 is 31.0 Å². The third-order valence-corrected chi connectivity index (χ3v) is 12.4. The van der Waals surface area contributed by atoms with E-state index in [2.05, 4.69) is 44.3 Å². The zero-order valence-corrected chi connectivity index (χ0v) is 23.3. The number of ether oxygens (including phenoxy) is 2. The Morgan fingerprint density at radius 2 is 1.65 bits per heavy atom. The average molecular weight is 518 g/mol. The Hall–Kier alpha value is -2.93. The number of carbonyl (C=O) groups excluding carboxylic acids is 1. The summed E-state index contributed by atoms with van der Waals surface area (Å²) in [6.45, 7) is 7.31. The molecule has 0 saturated carbocycles. The number of hydrogen-bond donors (Lipinski definition) is 1. The van der Waals surface area contributed by atoms with Crippen LogP contribution in [0.3, 0.4) is 0 Å². The molecule has 1 saturated heterocycles. The maximum Gasteiger partial charge on any atom is 0.218 e. The third-order valence-electron chi connectivity index (χ3n) is 8.03. The fraction of sp³-hybridized carbons (Fsp3) is 0.387. The van der Waals surface area contributed by atoms with E-state index in [-0.39, 0.29) is 18.8 Å². The lowest BCUT2D eigenvalue weighted by Gasteiger charge is -2.36. The van der Waals surface area contributed by atoms with E-state index in [0.717, 1.165) is 36.4 Å². The van der Waals surface area contributed by atoms with Gasteiger partial charge in [-0.2, -0.15) is 0 Å². The van der Waals surface area contributed by atoms with E-state index in [0.29, 0.717) is 17.9 Å². The van der Waals surface area contributed by atoms with Crippen molar-refractivity contribution in [1.82, 2.24) is 0 Å². The van der Waals surface area contributed by atoms with E-state index in [4.69, 9.17) is 9.47 Å². The molecule has 1 aliphatic rings. The van der Waals surface area contributed by atoms with Gasteiger partial charge >= 0.3 is 0 Å². The van der Waals surface area contributed by atoms with Crippen LogP contribution in [-0.2, 0) is 16.0 Å². The van der Waals surface area contributed by atoms with Gasteiger partial charge < -0.3 is 14.6 Å². The topological polar surface area (TPSA) is 59.0 Å². The number of rotatable bonds is 11. The third kappa shape index (κ3) is 5.98. The molecule has 0 aromatic heterocycles. The first-order valence-corrected chi connectivity index (χ1v) is 16.3. The van der Waals surface area contributed by atoms with Crippen LogP contribution in [0.4, 0.5) is 11.4 Å². The molecule has 37 heavy (non-hydrogen) atoms. The number of aliphatic hydroxyl groups excluding tert-OH is 1. The fourth-order valence-corrected chi connectivity index (χ4v) is 10.2. The van der Waals surface area contributed by atoms with Gasteiger partial charge in [-0.05, 0) is 72.7 Å². The summed E-state index contributed by atoms with van der Waals surface area (Å²) in [5.74, 6) is 1.26. The fourth-order valence-electron chi connectivity index (χ4n) is 6.07. The van der Waals surface area contributed by atoms with Crippen LogP contribution in [0, 0.1) is 5.92 Å². The van der Waals surface area contributed by atoms with Crippen LogP contribution >= 0.6 is 0 Å². The van der Waals surface area contributed by atoms with Crippen molar-refractivity contribution in [3.8, 4) is 5.75 Å². The number of benzene rings is 3. The molecular weight excluding hydrogens is 478 g/mol. The van der Waals surface area contributed by atoms with E-state index in [1.54, 1.807) is 12.0 Å². The molecule has 0 aliphatic carbocycles. The first-order chi connectivity index (χ1) is 17.9. The molecular formula is C31H39NO4Si. The molecule has 1 heterocycles. The highest BCUT2D eigenvalue weighted by molar-refractivity contribution is 6.91. The highest BCUT2D eigenvalue weighted by Gasteiger charge is 2.50. The molecule has 1 amide bonds. The van der Waals surface area contributed by atoms with Crippen LogP contribution in [0.2, 0.25) is 18.6 Å². The van der Waals surface area contributed by atoms with Crippen molar-refractivity contribution in [2.45, 2.75) is 57.0 Å². The maximum absolute atomic E-state index is 11.9. The molecule has 4 rings (SSSR count). The number of hydrogen-bond acceptors (Lipinski definition) is 4. The Bertz CT molecular complexity index is 1150. The molecule has 0 spiro atoms. The number of aryl methyl sites for hydroxylation is 1. The molecule has 3 aromatic rings. The SMILES string of the molecule is COc1ccc([Si](C)(C)[C@H]2[C@H](C)[C@H](CCc3cccc(N(C=O)c4ccccc4)c3)O[C@@H]2CCO)cc1. The molecule has 1 aliphatic heterocycles. The quantitative estimate of drug-likeness (QED) is 0.262. The smallest absolute Gasteiger partial charge is 0.218 e. The van der Waals surface area contributed by atoms with Gasteiger partial charge in [0.1, 0.15) is 5.75 Å². The maximum atomic E-state index is 11.9. The summed E-state index contributed by atoms with van der Waals surface area (Å²) in [5.41, 5.74) is 3.31. The van der Waals surface area contributed by atoms with Gasteiger partial charge in [-0.15, -0.1) is 0 Å². The van der Waals surface area contributed by atoms with E-state index >= 15 is 0 Å².